The molecule has 440 valence electrons. The van der Waals surface area contributed by atoms with Crippen molar-refractivity contribution >= 4 is 65.2 Å². The molecule has 0 unspecified atom stereocenters. The minimum atomic E-state index is 0.662. The predicted octanol–water partition coefficient (Wildman–Crippen LogP) is 22.8. The number of aromatic nitrogens is 6. The smallest absolute Gasteiger partial charge is 0.234 e. The van der Waals surface area contributed by atoms with Crippen LogP contribution in [0.15, 0.2) is 352 Å². The van der Waals surface area contributed by atoms with Crippen LogP contribution < -0.4 is 0 Å². The van der Waals surface area contributed by atoms with Gasteiger partial charge in [0, 0.05) is 68.2 Å². The molecular formula is C88H58N6. The Morgan fingerprint density at radius 2 is 0.468 bits per heavy atom. The minimum absolute atomic E-state index is 0.662. The number of nitrogens with zero attached hydrogens (tertiary/aromatic N) is 6. The molecule has 0 saturated carbocycles. The lowest BCUT2D eigenvalue weighted by molar-refractivity contribution is 0.992. The fraction of sp³-hybridized carbons (Fsp3) is 0. The molecule has 0 saturated heterocycles. The highest BCUT2D eigenvalue weighted by molar-refractivity contribution is 6.19. The lowest BCUT2D eigenvalue weighted by Crippen LogP contribution is -2.01. The Labute approximate surface area is 544 Å². The standard InChI is InChI=1S/2C44H29N3/c1-3-11-32(12-4-1)37-25-24-35(27-41(37)33-13-5-2-6-14-33)30-19-21-31(22-20-30)36-28-45-44(46-29-36)47-42-18-10-9-17-39(42)40-26-23-34-15-7-8-16-38(34)43(40)47;1-3-11-30(12-4-1)31-19-21-34(22-20-31)37-25-24-35(27-41(37)32-13-5-2-6-14-32)36-28-45-44(46-29-36)47-42-18-10-9-17-39(42)40-26-23-33-15-7-8-16-38(33)43(40)47/h2*1-29H. The summed E-state index contributed by atoms with van der Waals surface area (Å²) in [4.78, 5) is 19.8. The first-order valence-corrected chi connectivity index (χ1v) is 31.8. The summed E-state index contributed by atoms with van der Waals surface area (Å²) in [7, 11) is 0. The maximum Gasteiger partial charge on any atom is 0.234 e. The van der Waals surface area contributed by atoms with E-state index in [1.54, 1.807) is 0 Å². The van der Waals surface area contributed by atoms with Crippen LogP contribution in [0.25, 0.3) is 166 Å². The average Bonchev–Trinajstić information content (AvgIpc) is 1.58. The van der Waals surface area contributed by atoms with E-state index in [0.717, 1.165) is 44.3 Å². The van der Waals surface area contributed by atoms with Gasteiger partial charge in [-0.1, -0.05) is 303 Å². The monoisotopic (exact) mass is 1200 g/mol. The summed E-state index contributed by atoms with van der Waals surface area (Å²) in [5.41, 5.74) is 22.9. The molecule has 0 aliphatic carbocycles. The van der Waals surface area contributed by atoms with Crippen LogP contribution in [-0.2, 0) is 0 Å². The van der Waals surface area contributed by atoms with Gasteiger partial charge in [-0.05, 0) is 113 Å². The summed E-state index contributed by atoms with van der Waals surface area (Å²) >= 11 is 0. The summed E-state index contributed by atoms with van der Waals surface area (Å²) in [6.45, 7) is 0. The molecule has 0 fully saturated rings. The molecule has 0 atom stereocenters. The number of para-hydroxylation sites is 2. The topological polar surface area (TPSA) is 61.4 Å². The third kappa shape index (κ3) is 10.1. The highest BCUT2D eigenvalue weighted by atomic mass is 15.2. The highest BCUT2D eigenvalue weighted by Gasteiger charge is 2.20. The zero-order valence-electron chi connectivity index (χ0n) is 51.2. The van der Waals surface area contributed by atoms with E-state index >= 15 is 0 Å². The van der Waals surface area contributed by atoms with E-state index in [-0.39, 0.29) is 0 Å². The second-order valence-corrected chi connectivity index (χ2v) is 23.8. The van der Waals surface area contributed by atoms with E-state index in [4.69, 9.17) is 19.9 Å². The number of benzene rings is 14. The van der Waals surface area contributed by atoms with Crippen LogP contribution >= 0.6 is 0 Å². The molecule has 0 N–H and O–H groups in total. The lowest BCUT2D eigenvalue weighted by Gasteiger charge is -2.14. The molecule has 0 radical (unpaired) electrons. The van der Waals surface area contributed by atoms with E-state index in [9.17, 15) is 0 Å². The summed E-state index contributed by atoms with van der Waals surface area (Å²) < 4.78 is 4.40. The Morgan fingerprint density at radius 1 is 0.181 bits per heavy atom. The zero-order valence-corrected chi connectivity index (χ0v) is 51.2. The van der Waals surface area contributed by atoms with E-state index < -0.39 is 0 Å². The van der Waals surface area contributed by atoms with Crippen LogP contribution in [0.1, 0.15) is 0 Å². The molecule has 0 aliphatic rings. The van der Waals surface area contributed by atoms with Crippen molar-refractivity contribution in [3.63, 3.8) is 0 Å². The molecule has 0 amide bonds. The van der Waals surface area contributed by atoms with Gasteiger partial charge >= 0.3 is 0 Å². The summed E-state index contributed by atoms with van der Waals surface area (Å²) in [5, 5.41) is 9.58. The van der Waals surface area contributed by atoms with Crippen molar-refractivity contribution in [2.45, 2.75) is 0 Å². The zero-order chi connectivity index (χ0) is 62.3. The van der Waals surface area contributed by atoms with Gasteiger partial charge < -0.3 is 0 Å². The normalized spacial score (nSPS) is 11.4. The molecule has 0 aliphatic heterocycles. The number of hydrogen-bond acceptors (Lipinski definition) is 4. The Bertz CT molecular complexity index is 5790. The van der Waals surface area contributed by atoms with Gasteiger partial charge in [0.2, 0.25) is 11.9 Å². The van der Waals surface area contributed by atoms with Gasteiger partial charge in [-0.3, -0.25) is 9.13 Å². The summed E-state index contributed by atoms with van der Waals surface area (Å²) in [5.74, 6) is 1.33. The average molecular weight is 1200 g/mol. The van der Waals surface area contributed by atoms with Gasteiger partial charge in [-0.25, -0.2) is 19.9 Å². The molecule has 4 heterocycles. The molecule has 0 bridgehead atoms. The van der Waals surface area contributed by atoms with Crippen LogP contribution in [0.3, 0.4) is 0 Å². The fourth-order valence-electron chi connectivity index (χ4n) is 13.7. The third-order valence-corrected chi connectivity index (χ3v) is 18.3. The first-order chi connectivity index (χ1) is 46.6. The molecule has 14 aromatic carbocycles. The van der Waals surface area contributed by atoms with Gasteiger partial charge in [0.15, 0.2) is 0 Å². The summed E-state index contributed by atoms with van der Waals surface area (Å²) in [6.07, 6.45) is 7.77. The molecule has 0 spiro atoms. The maximum absolute atomic E-state index is 4.98. The van der Waals surface area contributed by atoms with Crippen molar-refractivity contribution in [2.75, 3.05) is 0 Å². The summed E-state index contributed by atoms with van der Waals surface area (Å²) in [6, 6.07) is 116. The number of hydrogen-bond donors (Lipinski definition) is 0. The van der Waals surface area contributed by atoms with Crippen molar-refractivity contribution in [3.8, 4) is 101 Å². The Balaban J connectivity index is 0.000000143. The van der Waals surface area contributed by atoms with E-state index in [1.807, 2.05) is 24.8 Å². The van der Waals surface area contributed by atoms with Gasteiger partial charge in [0.05, 0.1) is 22.1 Å². The number of rotatable bonds is 10. The largest absolute Gasteiger partial charge is 0.277 e. The van der Waals surface area contributed by atoms with Crippen LogP contribution in [-0.4, -0.2) is 29.1 Å². The molecule has 6 nitrogen and oxygen atoms in total. The van der Waals surface area contributed by atoms with Crippen molar-refractivity contribution < 1.29 is 0 Å². The SMILES string of the molecule is c1ccc(-c2ccc(-c3ccc(-c4cnc(-n5c6ccccc6c6ccc7ccccc7c65)nc4)cc3)cc2-c2ccccc2)cc1.c1ccc(-c2ccc(-c3ccc(-c4cnc(-n5c6ccccc6c6ccc7ccccc7c65)nc4)cc3-c3ccccc3)cc2)cc1. The second kappa shape index (κ2) is 24.0. The maximum atomic E-state index is 4.98. The van der Waals surface area contributed by atoms with Crippen molar-refractivity contribution in [1.29, 1.82) is 0 Å². The second-order valence-electron chi connectivity index (χ2n) is 23.8. The number of fused-ring (bicyclic) bond motifs is 10. The quantitative estimate of drug-likeness (QED) is 0.137. The van der Waals surface area contributed by atoms with Crippen molar-refractivity contribution in [1.82, 2.24) is 29.1 Å². The van der Waals surface area contributed by atoms with Gasteiger partial charge in [0.1, 0.15) is 0 Å². The van der Waals surface area contributed by atoms with Crippen molar-refractivity contribution in [3.05, 3.63) is 352 Å². The molecule has 6 heteroatoms. The van der Waals surface area contributed by atoms with Crippen LogP contribution in [0.4, 0.5) is 0 Å². The Morgan fingerprint density at radius 3 is 0.904 bits per heavy atom. The minimum Gasteiger partial charge on any atom is -0.277 e. The first-order valence-electron chi connectivity index (χ1n) is 31.8. The lowest BCUT2D eigenvalue weighted by atomic mass is 9.91. The van der Waals surface area contributed by atoms with Crippen LogP contribution in [0, 0.1) is 0 Å². The fourth-order valence-corrected chi connectivity index (χ4v) is 13.7. The highest BCUT2D eigenvalue weighted by Crippen LogP contribution is 2.41. The molecule has 18 aromatic rings. The predicted molar refractivity (Wildman–Crippen MR) is 391 cm³/mol. The Hall–Kier alpha value is -12.6. The molecular weight excluding hydrogens is 1140 g/mol. The van der Waals surface area contributed by atoms with Gasteiger partial charge in [-0.2, -0.15) is 0 Å². The Kier molecular flexibility index (Phi) is 14.1. The molecule has 94 heavy (non-hydrogen) atoms. The molecule has 4 aromatic heterocycles. The van der Waals surface area contributed by atoms with Gasteiger partial charge in [0.25, 0.3) is 0 Å². The van der Waals surface area contributed by atoms with Crippen LogP contribution in [0.2, 0.25) is 0 Å². The molecule has 18 rings (SSSR count). The van der Waals surface area contributed by atoms with Crippen LogP contribution in [0.5, 0.6) is 0 Å². The van der Waals surface area contributed by atoms with E-state index in [1.165, 1.54) is 110 Å². The van der Waals surface area contributed by atoms with Crippen molar-refractivity contribution in [2.24, 2.45) is 0 Å². The first kappa shape index (κ1) is 55.4. The van der Waals surface area contributed by atoms with E-state index in [2.05, 4.69) is 337 Å². The van der Waals surface area contributed by atoms with Gasteiger partial charge in [-0.15, -0.1) is 0 Å². The third-order valence-electron chi connectivity index (χ3n) is 18.3. The van der Waals surface area contributed by atoms with E-state index in [0.29, 0.717) is 11.9 Å².